The third-order valence-corrected chi connectivity index (χ3v) is 7.32. The minimum absolute atomic E-state index is 0.221. The van der Waals surface area contributed by atoms with Gasteiger partial charge >= 0.3 is 0 Å². The molecule has 1 unspecified atom stereocenters. The van der Waals surface area contributed by atoms with Crippen LogP contribution >= 0.6 is 11.3 Å². The summed E-state index contributed by atoms with van der Waals surface area (Å²) in [6, 6.07) is 11.4. The zero-order valence-corrected chi connectivity index (χ0v) is 16.7. The van der Waals surface area contributed by atoms with Crippen LogP contribution in [-0.2, 0) is 14.6 Å². The van der Waals surface area contributed by atoms with E-state index in [2.05, 4.69) is 16.5 Å². The summed E-state index contributed by atoms with van der Waals surface area (Å²) in [6.45, 7) is 0. The van der Waals surface area contributed by atoms with E-state index in [1.807, 2.05) is 0 Å². The third-order valence-electron chi connectivity index (χ3n) is 4.40. The minimum atomic E-state index is -3.33. The number of hydrogen-bond acceptors (Lipinski definition) is 6. The van der Waals surface area contributed by atoms with Gasteiger partial charge in [0, 0.05) is 10.9 Å². The standard InChI is InChI=1S/C20H16FN2O4S2/c21-14-3-5-15(6-4-14)27-18(19(24)23-20-22-11-12-28-20)13-1-7-16(8-2-13)29(25,26)17-9-10-17/h1-8,12,17-18H,9-10H2,(H,22,23,24). The number of sulfone groups is 1. The number of carbonyl (C=O) groups excluding carboxylic acids is 1. The van der Waals surface area contributed by atoms with Gasteiger partial charge in [-0.25, -0.2) is 17.8 Å². The highest BCUT2D eigenvalue weighted by Gasteiger charge is 2.37. The quantitative estimate of drug-likeness (QED) is 0.615. The summed E-state index contributed by atoms with van der Waals surface area (Å²) in [5.74, 6) is -0.617. The second-order valence-electron chi connectivity index (χ2n) is 6.54. The van der Waals surface area contributed by atoms with E-state index < -0.39 is 27.7 Å². The van der Waals surface area contributed by atoms with Gasteiger partial charge in [-0.2, -0.15) is 0 Å². The highest BCUT2D eigenvalue weighted by molar-refractivity contribution is 7.92. The molecule has 0 aliphatic heterocycles. The summed E-state index contributed by atoms with van der Waals surface area (Å²) < 4.78 is 43.7. The molecular weight excluding hydrogens is 415 g/mol. The number of amides is 1. The van der Waals surface area contributed by atoms with Crippen LogP contribution in [0, 0.1) is 12.0 Å². The molecule has 1 amide bonds. The highest BCUT2D eigenvalue weighted by atomic mass is 32.2. The number of nitrogens with zero attached hydrogens (tertiary/aromatic N) is 1. The first-order chi connectivity index (χ1) is 13.9. The predicted octanol–water partition coefficient (Wildman–Crippen LogP) is 3.78. The lowest BCUT2D eigenvalue weighted by Crippen LogP contribution is -2.25. The van der Waals surface area contributed by atoms with Crippen LogP contribution in [-0.4, -0.2) is 24.6 Å². The van der Waals surface area contributed by atoms with Crippen molar-refractivity contribution in [2.75, 3.05) is 5.32 Å². The van der Waals surface area contributed by atoms with Crippen LogP contribution in [0.4, 0.5) is 9.52 Å². The average molecular weight is 431 g/mol. The molecule has 1 aliphatic carbocycles. The number of thiazole rings is 1. The van der Waals surface area contributed by atoms with Gasteiger partial charge < -0.3 is 4.74 Å². The number of nitrogens with one attached hydrogen (secondary N) is 1. The maximum absolute atomic E-state index is 13.2. The first-order valence-corrected chi connectivity index (χ1v) is 11.2. The normalized spacial score (nSPS) is 14.9. The minimum Gasteiger partial charge on any atom is -0.476 e. The fraction of sp³-hybridized carbons (Fsp3) is 0.200. The van der Waals surface area contributed by atoms with Gasteiger partial charge in [0.15, 0.2) is 15.0 Å². The maximum Gasteiger partial charge on any atom is 0.271 e. The molecule has 1 fully saturated rings. The van der Waals surface area contributed by atoms with Crippen molar-refractivity contribution in [3.05, 3.63) is 71.5 Å². The van der Waals surface area contributed by atoms with E-state index in [1.165, 1.54) is 47.7 Å². The fourth-order valence-electron chi connectivity index (χ4n) is 2.75. The van der Waals surface area contributed by atoms with E-state index in [1.54, 1.807) is 17.5 Å². The maximum atomic E-state index is 13.2. The molecule has 0 bridgehead atoms. The molecule has 149 valence electrons. The third kappa shape index (κ3) is 4.46. The zero-order valence-electron chi connectivity index (χ0n) is 15.0. The molecule has 2 aromatic carbocycles. The van der Waals surface area contributed by atoms with Crippen molar-refractivity contribution >= 4 is 32.2 Å². The van der Waals surface area contributed by atoms with Gasteiger partial charge in [-0.3, -0.25) is 10.1 Å². The summed E-state index contributed by atoms with van der Waals surface area (Å²) in [4.78, 5) is 16.9. The van der Waals surface area contributed by atoms with Gasteiger partial charge in [0.05, 0.1) is 10.1 Å². The summed E-state index contributed by atoms with van der Waals surface area (Å²) in [7, 11) is -3.33. The van der Waals surface area contributed by atoms with Crippen molar-refractivity contribution in [2.24, 2.45) is 0 Å². The molecule has 4 rings (SSSR count). The van der Waals surface area contributed by atoms with Crippen LogP contribution in [0.5, 0.6) is 5.75 Å². The number of hydrogen-bond donors (Lipinski definition) is 1. The Morgan fingerprint density at radius 2 is 1.86 bits per heavy atom. The number of benzene rings is 2. The molecular formula is C20H16FN2O4S2. The largest absolute Gasteiger partial charge is 0.476 e. The van der Waals surface area contributed by atoms with Gasteiger partial charge in [0.25, 0.3) is 5.91 Å². The summed E-state index contributed by atoms with van der Waals surface area (Å²) in [6.07, 6.45) is 2.88. The molecule has 0 spiro atoms. The van der Waals surface area contributed by atoms with Crippen molar-refractivity contribution < 1.29 is 22.3 Å². The van der Waals surface area contributed by atoms with Crippen LogP contribution < -0.4 is 10.1 Å². The van der Waals surface area contributed by atoms with E-state index >= 15 is 0 Å². The highest BCUT2D eigenvalue weighted by Crippen LogP contribution is 2.34. The van der Waals surface area contributed by atoms with Gasteiger partial charge in [0.1, 0.15) is 17.8 Å². The molecule has 29 heavy (non-hydrogen) atoms. The van der Waals surface area contributed by atoms with Crippen molar-refractivity contribution in [1.82, 2.24) is 4.98 Å². The molecule has 1 aliphatic rings. The van der Waals surface area contributed by atoms with Crippen LogP contribution in [0.25, 0.3) is 0 Å². The molecule has 3 aromatic rings. The molecule has 9 heteroatoms. The second kappa shape index (κ2) is 7.92. The molecule has 1 N–H and O–H groups in total. The Morgan fingerprint density at radius 3 is 2.45 bits per heavy atom. The average Bonchev–Trinajstić information content (AvgIpc) is 3.47. The lowest BCUT2D eigenvalue weighted by molar-refractivity contribution is -0.123. The van der Waals surface area contributed by atoms with Gasteiger partial charge in [-0.15, -0.1) is 11.3 Å². The van der Waals surface area contributed by atoms with Crippen LogP contribution in [0.3, 0.4) is 0 Å². The van der Waals surface area contributed by atoms with Crippen LogP contribution in [0.2, 0.25) is 0 Å². The number of carbonyl (C=O) groups is 1. The van der Waals surface area contributed by atoms with Gasteiger partial charge in [0.2, 0.25) is 6.10 Å². The molecule has 1 heterocycles. The van der Waals surface area contributed by atoms with Crippen molar-refractivity contribution in [3.8, 4) is 5.75 Å². The fourth-order valence-corrected chi connectivity index (χ4v) is 4.89. The van der Waals surface area contributed by atoms with Gasteiger partial charge in [-0.1, -0.05) is 12.1 Å². The Morgan fingerprint density at radius 1 is 1.17 bits per heavy atom. The monoisotopic (exact) mass is 431 g/mol. The van der Waals surface area contributed by atoms with Crippen molar-refractivity contribution in [2.45, 2.75) is 29.1 Å². The molecule has 1 atom stereocenters. The summed E-state index contributed by atoms with van der Waals surface area (Å²) in [5, 5.41) is 4.29. The predicted molar refractivity (Wildman–Crippen MR) is 106 cm³/mol. The lowest BCUT2D eigenvalue weighted by atomic mass is 10.1. The van der Waals surface area contributed by atoms with E-state index in [4.69, 9.17) is 4.74 Å². The second-order valence-corrected chi connectivity index (χ2v) is 9.62. The van der Waals surface area contributed by atoms with Crippen LogP contribution in [0.15, 0.2) is 58.8 Å². The number of halogens is 1. The topological polar surface area (TPSA) is 85.4 Å². The Kier molecular flexibility index (Phi) is 5.33. The molecule has 1 radical (unpaired) electrons. The number of rotatable bonds is 7. The van der Waals surface area contributed by atoms with E-state index in [0.717, 1.165) is 0 Å². The zero-order chi connectivity index (χ0) is 20.4. The number of aromatic nitrogens is 1. The smallest absolute Gasteiger partial charge is 0.271 e. The van der Waals surface area contributed by atoms with E-state index in [0.29, 0.717) is 29.3 Å². The van der Waals surface area contributed by atoms with Crippen LogP contribution in [0.1, 0.15) is 24.5 Å². The Bertz CT molecular complexity index is 1090. The van der Waals surface area contributed by atoms with E-state index in [-0.39, 0.29) is 10.1 Å². The SMILES string of the molecule is O=C(Nc1n[c]cs1)C(Oc1ccc(F)cc1)c1ccc(S(=O)(=O)C2CC2)cc1. The molecule has 0 saturated heterocycles. The number of anilines is 1. The molecule has 1 aromatic heterocycles. The first kappa shape index (κ1) is 19.5. The lowest BCUT2D eigenvalue weighted by Gasteiger charge is -2.19. The van der Waals surface area contributed by atoms with Gasteiger partial charge in [-0.05, 0) is 49.2 Å². The Balaban J connectivity index is 1.61. The summed E-state index contributed by atoms with van der Waals surface area (Å²) >= 11 is 1.20. The molecule has 1 saturated carbocycles. The molecule has 6 nitrogen and oxygen atoms in total. The Labute approximate surface area is 171 Å². The van der Waals surface area contributed by atoms with Crippen molar-refractivity contribution in [1.29, 1.82) is 0 Å². The number of ether oxygens (including phenoxy) is 1. The van der Waals surface area contributed by atoms with Crippen molar-refractivity contribution in [3.63, 3.8) is 0 Å². The van der Waals surface area contributed by atoms with E-state index in [9.17, 15) is 17.6 Å². The summed E-state index contributed by atoms with van der Waals surface area (Å²) in [5.41, 5.74) is 0.460. The first-order valence-electron chi connectivity index (χ1n) is 8.82. The Hall–Kier alpha value is -2.78.